The van der Waals surface area contributed by atoms with Gasteiger partial charge in [0.1, 0.15) is 6.26 Å². The zero-order valence-corrected chi connectivity index (χ0v) is 19.0. The van der Waals surface area contributed by atoms with Crippen LogP contribution in [0.15, 0.2) is 92.1 Å². The van der Waals surface area contributed by atoms with Gasteiger partial charge in [0.15, 0.2) is 5.82 Å². The van der Waals surface area contributed by atoms with Crippen LogP contribution >= 0.6 is 11.8 Å². The van der Waals surface area contributed by atoms with Crippen molar-refractivity contribution in [3.05, 3.63) is 94.5 Å². The van der Waals surface area contributed by atoms with Crippen LogP contribution in [0, 0.1) is 12.8 Å². The maximum Gasteiger partial charge on any atom is 0.232 e. The third kappa shape index (κ3) is 4.73. The molecule has 0 aliphatic carbocycles. The molecule has 2 aromatic heterocycles. The standard InChI is InChI=1S/C25H24N4O2S/c1-4-18(25(30)28-22-13-15-31-29-22)11-12-20-17(3)27-24(23-16(2)8-7-14-26-23)19-9-5-6-10-21(19)32-20/h5-15,18H,4H2,1-3H3,(H,28,29,30)/b12-11-. The number of benzene rings is 1. The second-order valence-electron chi connectivity index (χ2n) is 7.42. The van der Waals surface area contributed by atoms with Gasteiger partial charge in [-0.2, -0.15) is 0 Å². The van der Waals surface area contributed by atoms with Gasteiger partial charge < -0.3 is 9.84 Å². The lowest BCUT2D eigenvalue weighted by Crippen LogP contribution is -2.20. The van der Waals surface area contributed by atoms with Crippen LogP contribution < -0.4 is 5.32 Å². The number of amides is 1. The molecular formula is C25H24N4O2S. The number of carbonyl (C=O) groups is 1. The van der Waals surface area contributed by atoms with Crippen LogP contribution in [-0.2, 0) is 4.79 Å². The van der Waals surface area contributed by atoms with E-state index in [-0.39, 0.29) is 11.8 Å². The van der Waals surface area contributed by atoms with Crippen molar-refractivity contribution in [3.63, 3.8) is 0 Å². The zero-order valence-electron chi connectivity index (χ0n) is 18.2. The Morgan fingerprint density at radius 1 is 1.19 bits per heavy atom. The summed E-state index contributed by atoms with van der Waals surface area (Å²) in [5.74, 6) is -0.00852. The maximum absolute atomic E-state index is 12.6. The van der Waals surface area contributed by atoms with Crippen molar-refractivity contribution in [1.82, 2.24) is 10.1 Å². The van der Waals surface area contributed by atoms with Crippen LogP contribution in [0.4, 0.5) is 5.82 Å². The van der Waals surface area contributed by atoms with E-state index >= 15 is 0 Å². The molecule has 0 bridgehead atoms. The normalized spacial score (nSPS) is 14.7. The quantitative estimate of drug-likeness (QED) is 0.522. The zero-order chi connectivity index (χ0) is 22.5. The molecule has 162 valence electrons. The van der Waals surface area contributed by atoms with Gasteiger partial charge in [-0.05, 0) is 44.0 Å². The number of aliphatic imine (C=N–C) groups is 1. The smallest absolute Gasteiger partial charge is 0.232 e. The fourth-order valence-corrected chi connectivity index (χ4v) is 4.40. The van der Waals surface area contributed by atoms with E-state index in [2.05, 4.69) is 27.6 Å². The summed E-state index contributed by atoms with van der Waals surface area (Å²) in [6.07, 6.45) is 7.81. The summed E-state index contributed by atoms with van der Waals surface area (Å²) < 4.78 is 4.79. The fourth-order valence-electron chi connectivity index (χ4n) is 3.40. The third-order valence-corrected chi connectivity index (χ3v) is 6.40. The molecule has 1 aromatic carbocycles. The molecule has 1 unspecified atom stereocenters. The molecule has 1 atom stereocenters. The summed E-state index contributed by atoms with van der Waals surface area (Å²) in [5.41, 5.74) is 4.76. The third-order valence-electron chi connectivity index (χ3n) is 5.18. The van der Waals surface area contributed by atoms with E-state index in [1.54, 1.807) is 24.0 Å². The monoisotopic (exact) mass is 444 g/mol. The molecular weight excluding hydrogens is 420 g/mol. The van der Waals surface area contributed by atoms with Crippen LogP contribution in [0.3, 0.4) is 0 Å². The highest BCUT2D eigenvalue weighted by atomic mass is 32.2. The minimum absolute atomic E-state index is 0.122. The summed E-state index contributed by atoms with van der Waals surface area (Å²) in [4.78, 5) is 24.3. The van der Waals surface area contributed by atoms with E-state index in [0.29, 0.717) is 12.2 Å². The largest absolute Gasteiger partial charge is 0.363 e. The first-order valence-corrected chi connectivity index (χ1v) is 11.3. The molecule has 6 nitrogen and oxygen atoms in total. The lowest BCUT2D eigenvalue weighted by Gasteiger charge is -2.11. The molecule has 1 aliphatic rings. The van der Waals surface area contributed by atoms with Gasteiger partial charge in [0.25, 0.3) is 0 Å². The number of nitrogens with zero attached hydrogens (tertiary/aromatic N) is 3. The number of carbonyl (C=O) groups excluding carboxylic acids is 1. The highest BCUT2D eigenvalue weighted by Crippen LogP contribution is 2.37. The maximum atomic E-state index is 12.6. The molecule has 1 aliphatic heterocycles. The summed E-state index contributed by atoms with van der Waals surface area (Å²) in [6.45, 7) is 6.02. The van der Waals surface area contributed by atoms with Gasteiger partial charge in [-0.1, -0.05) is 54.2 Å². The number of allylic oxidation sites excluding steroid dienone is 2. The first-order chi connectivity index (χ1) is 15.6. The van der Waals surface area contributed by atoms with Crippen LogP contribution in [0.1, 0.15) is 37.1 Å². The van der Waals surface area contributed by atoms with E-state index in [1.807, 2.05) is 57.2 Å². The highest BCUT2D eigenvalue weighted by molar-refractivity contribution is 8.03. The number of aromatic nitrogens is 2. The minimum atomic E-state index is -0.299. The van der Waals surface area contributed by atoms with Crippen molar-refractivity contribution in [1.29, 1.82) is 0 Å². The van der Waals surface area contributed by atoms with Gasteiger partial charge in [-0.3, -0.25) is 9.78 Å². The SMILES string of the molecule is CCC(/C=C\C1=C(C)N=C(c2ncccc2C)c2ccccc2S1)C(=O)Nc1ccon1. The molecule has 0 radical (unpaired) electrons. The van der Waals surface area contributed by atoms with Gasteiger partial charge in [0, 0.05) is 27.6 Å². The Hall–Kier alpha value is -3.45. The summed E-state index contributed by atoms with van der Waals surface area (Å²) in [5, 5.41) is 6.53. The number of rotatable bonds is 6. The number of hydrogen-bond donors (Lipinski definition) is 1. The predicted molar refractivity (Wildman–Crippen MR) is 128 cm³/mol. The van der Waals surface area contributed by atoms with Crippen molar-refractivity contribution in [2.24, 2.45) is 10.9 Å². The van der Waals surface area contributed by atoms with E-state index in [4.69, 9.17) is 9.52 Å². The van der Waals surface area contributed by atoms with Gasteiger partial charge in [-0.25, -0.2) is 4.99 Å². The van der Waals surface area contributed by atoms with Crippen molar-refractivity contribution in [2.75, 3.05) is 5.32 Å². The second kappa shape index (κ2) is 9.78. The Bertz CT molecular complexity index is 1210. The summed E-state index contributed by atoms with van der Waals surface area (Å²) in [7, 11) is 0. The van der Waals surface area contributed by atoms with Gasteiger partial charge >= 0.3 is 0 Å². The fraction of sp³-hybridized carbons (Fsp3) is 0.200. The van der Waals surface area contributed by atoms with Crippen molar-refractivity contribution in [2.45, 2.75) is 32.1 Å². The molecule has 1 amide bonds. The van der Waals surface area contributed by atoms with E-state index in [9.17, 15) is 4.79 Å². The van der Waals surface area contributed by atoms with Crippen molar-refractivity contribution < 1.29 is 9.32 Å². The first-order valence-electron chi connectivity index (χ1n) is 10.4. The average Bonchev–Trinajstić information content (AvgIpc) is 3.26. The molecule has 3 heterocycles. The number of anilines is 1. The second-order valence-corrected chi connectivity index (χ2v) is 8.51. The number of thioether (sulfide) groups is 1. The molecule has 7 heteroatoms. The van der Waals surface area contributed by atoms with Crippen LogP contribution in [-0.4, -0.2) is 21.8 Å². The summed E-state index contributed by atoms with van der Waals surface area (Å²) in [6, 6.07) is 13.8. The molecule has 0 spiro atoms. The Balaban J connectivity index is 1.67. The minimum Gasteiger partial charge on any atom is -0.363 e. The van der Waals surface area contributed by atoms with Gasteiger partial charge in [0.05, 0.1) is 23.0 Å². The van der Waals surface area contributed by atoms with Crippen LogP contribution in [0.2, 0.25) is 0 Å². The Morgan fingerprint density at radius 3 is 2.78 bits per heavy atom. The Kier molecular flexibility index (Phi) is 6.66. The van der Waals surface area contributed by atoms with Gasteiger partial charge in [-0.15, -0.1) is 0 Å². The number of fused-ring (bicyclic) bond motifs is 1. The first kappa shape index (κ1) is 21.8. The lowest BCUT2D eigenvalue weighted by atomic mass is 10.0. The van der Waals surface area contributed by atoms with Crippen molar-refractivity contribution in [3.8, 4) is 0 Å². The number of pyridine rings is 1. The van der Waals surface area contributed by atoms with Crippen LogP contribution in [0.5, 0.6) is 0 Å². The number of aryl methyl sites for hydroxylation is 1. The highest BCUT2D eigenvalue weighted by Gasteiger charge is 2.21. The average molecular weight is 445 g/mol. The Labute approximate surface area is 191 Å². The Morgan fingerprint density at radius 2 is 2.03 bits per heavy atom. The molecule has 0 saturated heterocycles. The predicted octanol–water partition coefficient (Wildman–Crippen LogP) is 5.77. The number of nitrogens with one attached hydrogen (secondary N) is 1. The van der Waals surface area contributed by atoms with Crippen molar-refractivity contribution >= 4 is 29.2 Å². The molecule has 1 N–H and O–H groups in total. The van der Waals surface area contributed by atoms with E-state index < -0.39 is 0 Å². The molecule has 4 rings (SSSR count). The van der Waals surface area contributed by atoms with Gasteiger partial charge in [0.2, 0.25) is 5.91 Å². The van der Waals surface area contributed by atoms with Crippen LogP contribution in [0.25, 0.3) is 0 Å². The molecule has 0 fully saturated rings. The lowest BCUT2D eigenvalue weighted by molar-refractivity contribution is -0.118. The molecule has 0 saturated carbocycles. The van der Waals surface area contributed by atoms with E-state index in [1.165, 1.54) is 6.26 Å². The topological polar surface area (TPSA) is 80.4 Å². The van der Waals surface area contributed by atoms with E-state index in [0.717, 1.165) is 38.0 Å². The molecule has 3 aromatic rings. The number of hydrogen-bond acceptors (Lipinski definition) is 6. The molecule has 32 heavy (non-hydrogen) atoms. The summed E-state index contributed by atoms with van der Waals surface area (Å²) >= 11 is 1.65.